The van der Waals surface area contributed by atoms with Crippen LogP contribution in [0.1, 0.15) is 15.7 Å². The van der Waals surface area contributed by atoms with Crippen molar-refractivity contribution in [2.24, 2.45) is 0 Å². The molecule has 1 heterocycles. The first-order chi connectivity index (χ1) is 11.8. The lowest BCUT2D eigenvalue weighted by molar-refractivity contribution is 0.414. The van der Waals surface area contributed by atoms with E-state index >= 15 is 0 Å². The molecule has 0 bridgehead atoms. The molecule has 3 rings (SSSR count). The van der Waals surface area contributed by atoms with Crippen LogP contribution in [0.2, 0.25) is 0 Å². The SMILES string of the molecule is COc1ccc(C(SCc2ccccc2)Sc2ccccn2)cc1. The van der Waals surface area contributed by atoms with Crippen LogP contribution < -0.4 is 4.74 Å². The van der Waals surface area contributed by atoms with Crippen molar-refractivity contribution in [3.63, 3.8) is 0 Å². The van der Waals surface area contributed by atoms with E-state index < -0.39 is 0 Å². The fourth-order valence-electron chi connectivity index (χ4n) is 2.23. The molecule has 1 aromatic heterocycles. The van der Waals surface area contributed by atoms with Gasteiger partial charge >= 0.3 is 0 Å². The molecule has 1 unspecified atom stereocenters. The fraction of sp³-hybridized carbons (Fsp3) is 0.150. The summed E-state index contributed by atoms with van der Waals surface area (Å²) in [6.45, 7) is 0. The Hall–Kier alpha value is -1.91. The number of hydrogen-bond acceptors (Lipinski definition) is 4. The van der Waals surface area contributed by atoms with E-state index in [0.717, 1.165) is 16.5 Å². The van der Waals surface area contributed by atoms with Crippen molar-refractivity contribution < 1.29 is 4.74 Å². The normalized spacial score (nSPS) is 11.9. The van der Waals surface area contributed by atoms with Crippen molar-refractivity contribution in [3.05, 3.63) is 90.1 Å². The third-order valence-corrected chi connectivity index (χ3v) is 6.24. The molecule has 0 N–H and O–H groups in total. The van der Waals surface area contributed by atoms with Crippen LogP contribution in [-0.2, 0) is 5.75 Å². The Bertz CT molecular complexity index is 733. The van der Waals surface area contributed by atoms with Gasteiger partial charge in [-0.15, -0.1) is 11.8 Å². The number of hydrogen-bond donors (Lipinski definition) is 0. The molecule has 2 aromatic carbocycles. The number of nitrogens with zero attached hydrogens (tertiary/aromatic N) is 1. The molecule has 0 radical (unpaired) electrons. The smallest absolute Gasteiger partial charge is 0.118 e. The number of rotatable bonds is 7. The molecule has 3 aromatic rings. The van der Waals surface area contributed by atoms with Crippen molar-refractivity contribution in [1.29, 1.82) is 0 Å². The summed E-state index contributed by atoms with van der Waals surface area (Å²) in [5, 5.41) is 1.04. The minimum absolute atomic E-state index is 0.283. The van der Waals surface area contributed by atoms with E-state index in [-0.39, 0.29) is 4.58 Å². The van der Waals surface area contributed by atoms with Crippen LogP contribution >= 0.6 is 23.5 Å². The Balaban J connectivity index is 1.76. The highest BCUT2D eigenvalue weighted by Crippen LogP contribution is 2.44. The van der Waals surface area contributed by atoms with Crippen LogP contribution in [0.5, 0.6) is 5.75 Å². The molecule has 4 heteroatoms. The monoisotopic (exact) mass is 353 g/mol. The molecule has 0 saturated heterocycles. The topological polar surface area (TPSA) is 22.1 Å². The molecule has 0 aliphatic rings. The number of aromatic nitrogens is 1. The van der Waals surface area contributed by atoms with Crippen LogP contribution in [0.15, 0.2) is 84.0 Å². The quantitative estimate of drug-likeness (QED) is 0.394. The summed E-state index contributed by atoms with van der Waals surface area (Å²) in [6, 6.07) is 24.9. The van der Waals surface area contributed by atoms with Gasteiger partial charge in [0.1, 0.15) is 5.75 Å². The van der Waals surface area contributed by atoms with E-state index in [0.29, 0.717) is 0 Å². The third kappa shape index (κ3) is 4.79. The zero-order valence-corrected chi connectivity index (χ0v) is 15.1. The second-order valence-corrected chi connectivity index (χ2v) is 7.70. The highest BCUT2D eigenvalue weighted by atomic mass is 32.2. The summed E-state index contributed by atoms with van der Waals surface area (Å²) >= 11 is 3.70. The Kier molecular flexibility index (Phi) is 6.21. The number of methoxy groups -OCH3 is 1. The van der Waals surface area contributed by atoms with Gasteiger partial charge in [0.2, 0.25) is 0 Å². The van der Waals surface area contributed by atoms with Gasteiger partial charge in [0, 0.05) is 11.9 Å². The Labute approximate surface area is 151 Å². The summed E-state index contributed by atoms with van der Waals surface area (Å²) < 4.78 is 5.55. The number of ether oxygens (including phenoxy) is 1. The van der Waals surface area contributed by atoms with Gasteiger partial charge in [-0.25, -0.2) is 4.98 Å². The van der Waals surface area contributed by atoms with Gasteiger partial charge in [0.05, 0.1) is 16.7 Å². The summed E-state index contributed by atoms with van der Waals surface area (Å²) in [7, 11) is 1.69. The predicted molar refractivity (Wildman–Crippen MR) is 104 cm³/mol. The first-order valence-electron chi connectivity index (χ1n) is 7.72. The van der Waals surface area contributed by atoms with Crippen LogP contribution in [0.25, 0.3) is 0 Å². The molecule has 0 amide bonds. The average Bonchev–Trinajstić information content (AvgIpc) is 2.67. The van der Waals surface area contributed by atoms with E-state index in [2.05, 4.69) is 53.5 Å². The van der Waals surface area contributed by atoms with Gasteiger partial charge in [-0.2, -0.15) is 0 Å². The van der Waals surface area contributed by atoms with Gasteiger partial charge in [-0.3, -0.25) is 0 Å². The minimum atomic E-state index is 0.283. The van der Waals surface area contributed by atoms with E-state index in [1.165, 1.54) is 11.1 Å². The van der Waals surface area contributed by atoms with Crippen LogP contribution in [0.3, 0.4) is 0 Å². The van der Waals surface area contributed by atoms with Gasteiger partial charge in [-0.1, -0.05) is 60.3 Å². The highest BCUT2D eigenvalue weighted by molar-refractivity contribution is 8.16. The van der Waals surface area contributed by atoms with Crippen LogP contribution in [-0.4, -0.2) is 12.1 Å². The molecule has 1 atom stereocenters. The highest BCUT2D eigenvalue weighted by Gasteiger charge is 2.15. The predicted octanol–water partition coefficient (Wildman–Crippen LogP) is 5.81. The van der Waals surface area contributed by atoms with Crippen molar-refractivity contribution >= 4 is 23.5 Å². The molecular weight excluding hydrogens is 334 g/mol. The maximum absolute atomic E-state index is 5.27. The number of pyridine rings is 1. The molecule has 0 aliphatic heterocycles. The first kappa shape index (κ1) is 16.9. The summed E-state index contributed by atoms with van der Waals surface area (Å²) in [5.74, 6) is 1.85. The molecule has 0 saturated carbocycles. The molecule has 122 valence electrons. The van der Waals surface area contributed by atoms with Crippen molar-refractivity contribution in [2.45, 2.75) is 15.4 Å². The number of benzene rings is 2. The molecule has 2 nitrogen and oxygen atoms in total. The third-order valence-electron chi connectivity index (χ3n) is 3.50. The largest absolute Gasteiger partial charge is 0.497 e. The van der Waals surface area contributed by atoms with Crippen molar-refractivity contribution in [3.8, 4) is 5.75 Å². The Morgan fingerprint density at radius 1 is 0.917 bits per heavy atom. The number of thioether (sulfide) groups is 2. The minimum Gasteiger partial charge on any atom is -0.497 e. The lowest BCUT2D eigenvalue weighted by atomic mass is 10.2. The fourth-order valence-corrected chi connectivity index (χ4v) is 4.68. The zero-order valence-electron chi connectivity index (χ0n) is 13.5. The van der Waals surface area contributed by atoms with Gasteiger partial charge < -0.3 is 4.74 Å². The first-order valence-corrected chi connectivity index (χ1v) is 9.65. The molecule has 0 fully saturated rings. The zero-order chi connectivity index (χ0) is 16.6. The van der Waals surface area contributed by atoms with E-state index in [1.54, 1.807) is 18.9 Å². The second kappa shape index (κ2) is 8.81. The van der Waals surface area contributed by atoms with E-state index in [4.69, 9.17) is 4.74 Å². The lowest BCUT2D eigenvalue weighted by Gasteiger charge is -2.17. The van der Waals surface area contributed by atoms with Crippen LogP contribution in [0, 0.1) is 0 Å². The van der Waals surface area contributed by atoms with E-state index in [9.17, 15) is 0 Å². The van der Waals surface area contributed by atoms with Gasteiger partial charge in [0.25, 0.3) is 0 Å². The molecule has 0 spiro atoms. The average molecular weight is 354 g/mol. The van der Waals surface area contributed by atoms with Crippen molar-refractivity contribution in [1.82, 2.24) is 4.98 Å². The summed E-state index contributed by atoms with van der Waals surface area (Å²) in [6.07, 6.45) is 1.84. The molecule has 24 heavy (non-hydrogen) atoms. The maximum Gasteiger partial charge on any atom is 0.118 e. The maximum atomic E-state index is 5.27. The standard InChI is InChI=1S/C20H19NOS2/c1-22-18-12-10-17(11-13-18)20(24-19-9-5-6-14-21-19)23-15-16-7-3-2-4-8-16/h2-14,20H,15H2,1H3. The molecule has 0 aliphatic carbocycles. The molecular formula is C20H19NOS2. The van der Waals surface area contributed by atoms with Gasteiger partial charge in [0.15, 0.2) is 0 Å². The summed E-state index contributed by atoms with van der Waals surface area (Å²) in [4.78, 5) is 4.46. The van der Waals surface area contributed by atoms with Crippen molar-refractivity contribution in [2.75, 3.05) is 7.11 Å². The summed E-state index contributed by atoms with van der Waals surface area (Å²) in [5.41, 5.74) is 2.61. The van der Waals surface area contributed by atoms with Crippen LogP contribution in [0.4, 0.5) is 0 Å². The Morgan fingerprint density at radius 3 is 2.33 bits per heavy atom. The lowest BCUT2D eigenvalue weighted by Crippen LogP contribution is -1.93. The Morgan fingerprint density at radius 2 is 1.67 bits per heavy atom. The van der Waals surface area contributed by atoms with E-state index in [1.807, 2.05) is 42.2 Å². The second-order valence-electron chi connectivity index (χ2n) is 5.19. The van der Waals surface area contributed by atoms with Gasteiger partial charge in [-0.05, 0) is 35.4 Å².